The third-order valence-electron chi connectivity index (χ3n) is 3.28. The molecule has 0 unspecified atom stereocenters. The van der Waals surface area contributed by atoms with Crippen LogP contribution >= 0.6 is 11.8 Å². The van der Waals surface area contributed by atoms with Crippen LogP contribution in [-0.2, 0) is 6.54 Å². The third-order valence-corrected chi connectivity index (χ3v) is 4.22. The SMILES string of the molecule is COc1ccccc1-c1noc(CN2CCSCC2)n1. The average Bonchev–Trinajstić information content (AvgIpc) is 2.96. The summed E-state index contributed by atoms with van der Waals surface area (Å²) in [5.41, 5.74) is 0.860. The molecule has 0 aliphatic carbocycles. The van der Waals surface area contributed by atoms with Crippen LogP contribution in [0.15, 0.2) is 28.8 Å². The zero-order valence-electron chi connectivity index (χ0n) is 11.4. The Bertz CT molecular complexity index is 567. The van der Waals surface area contributed by atoms with Gasteiger partial charge in [0.25, 0.3) is 0 Å². The number of hydrogen-bond donors (Lipinski definition) is 0. The Morgan fingerprint density at radius 3 is 2.90 bits per heavy atom. The van der Waals surface area contributed by atoms with Gasteiger partial charge in [-0.2, -0.15) is 16.7 Å². The Kier molecular flexibility index (Phi) is 4.22. The molecule has 0 bridgehead atoms. The maximum absolute atomic E-state index is 5.36. The van der Waals surface area contributed by atoms with Crippen LogP contribution in [0.2, 0.25) is 0 Å². The highest BCUT2D eigenvalue weighted by molar-refractivity contribution is 7.99. The predicted molar refractivity (Wildman–Crippen MR) is 78.9 cm³/mol. The Morgan fingerprint density at radius 2 is 2.10 bits per heavy atom. The Morgan fingerprint density at radius 1 is 1.30 bits per heavy atom. The fourth-order valence-corrected chi connectivity index (χ4v) is 3.19. The number of ether oxygens (including phenoxy) is 1. The normalized spacial score (nSPS) is 16.2. The van der Waals surface area contributed by atoms with E-state index in [4.69, 9.17) is 9.26 Å². The maximum Gasteiger partial charge on any atom is 0.241 e. The fraction of sp³-hybridized carbons (Fsp3) is 0.429. The molecule has 2 heterocycles. The number of benzene rings is 1. The van der Waals surface area contributed by atoms with Crippen molar-refractivity contribution in [1.82, 2.24) is 15.0 Å². The lowest BCUT2D eigenvalue weighted by atomic mass is 10.2. The van der Waals surface area contributed by atoms with Crippen molar-refractivity contribution in [3.8, 4) is 17.1 Å². The van der Waals surface area contributed by atoms with Gasteiger partial charge in [-0.1, -0.05) is 17.3 Å². The number of methoxy groups -OCH3 is 1. The Labute approximate surface area is 122 Å². The van der Waals surface area contributed by atoms with E-state index >= 15 is 0 Å². The van der Waals surface area contributed by atoms with Gasteiger partial charge in [0.15, 0.2) is 0 Å². The van der Waals surface area contributed by atoms with E-state index in [1.807, 2.05) is 36.0 Å². The van der Waals surface area contributed by atoms with Crippen molar-refractivity contribution in [1.29, 1.82) is 0 Å². The molecule has 5 nitrogen and oxygen atoms in total. The fourth-order valence-electron chi connectivity index (χ4n) is 2.21. The molecule has 2 aromatic rings. The maximum atomic E-state index is 5.36. The van der Waals surface area contributed by atoms with Crippen molar-refractivity contribution in [2.24, 2.45) is 0 Å². The molecule has 0 saturated carbocycles. The lowest BCUT2D eigenvalue weighted by Crippen LogP contribution is -2.32. The topological polar surface area (TPSA) is 51.4 Å². The van der Waals surface area contributed by atoms with Crippen molar-refractivity contribution in [2.75, 3.05) is 31.7 Å². The van der Waals surface area contributed by atoms with E-state index in [9.17, 15) is 0 Å². The van der Waals surface area contributed by atoms with Gasteiger partial charge >= 0.3 is 0 Å². The van der Waals surface area contributed by atoms with Crippen LogP contribution in [0.3, 0.4) is 0 Å². The lowest BCUT2D eigenvalue weighted by Gasteiger charge is -2.24. The van der Waals surface area contributed by atoms with Gasteiger partial charge in [-0.25, -0.2) is 0 Å². The molecule has 0 radical (unpaired) electrons. The van der Waals surface area contributed by atoms with E-state index in [1.54, 1.807) is 7.11 Å². The van der Waals surface area contributed by atoms with Crippen LogP contribution in [0.5, 0.6) is 5.75 Å². The molecule has 20 heavy (non-hydrogen) atoms. The van der Waals surface area contributed by atoms with Crippen molar-refractivity contribution in [3.05, 3.63) is 30.2 Å². The van der Waals surface area contributed by atoms with Gasteiger partial charge in [0.2, 0.25) is 11.7 Å². The predicted octanol–water partition coefficient (Wildman–Crippen LogP) is 2.29. The highest BCUT2D eigenvalue weighted by Gasteiger charge is 2.16. The summed E-state index contributed by atoms with van der Waals surface area (Å²) in [5, 5.41) is 4.06. The van der Waals surface area contributed by atoms with Gasteiger partial charge in [-0.15, -0.1) is 0 Å². The molecule has 1 aromatic carbocycles. The molecule has 1 saturated heterocycles. The van der Waals surface area contributed by atoms with Crippen molar-refractivity contribution in [3.63, 3.8) is 0 Å². The molecule has 0 amide bonds. The minimum absolute atomic E-state index is 0.587. The zero-order chi connectivity index (χ0) is 13.8. The lowest BCUT2D eigenvalue weighted by molar-refractivity contribution is 0.245. The summed E-state index contributed by atoms with van der Waals surface area (Å²) in [5.74, 6) is 4.36. The highest BCUT2D eigenvalue weighted by atomic mass is 32.2. The summed E-state index contributed by atoms with van der Waals surface area (Å²) >= 11 is 1.99. The molecular formula is C14H17N3O2S. The van der Waals surface area contributed by atoms with E-state index in [-0.39, 0.29) is 0 Å². The summed E-state index contributed by atoms with van der Waals surface area (Å²) in [4.78, 5) is 6.82. The first-order valence-electron chi connectivity index (χ1n) is 6.63. The number of rotatable bonds is 4. The van der Waals surface area contributed by atoms with Crippen LogP contribution in [0.25, 0.3) is 11.4 Å². The number of aromatic nitrogens is 2. The van der Waals surface area contributed by atoms with Gasteiger partial charge in [-0.3, -0.25) is 4.90 Å². The zero-order valence-corrected chi connectivity index (χ0v) is 12.2. The minimum Gasteiger partial charge on any atom is -0.496 e. The number of nitrogens with zero attached hydrogens (tertiary/aromatic N) is 3. The van der Waals surface area contributed by atoms with E-state index < -0.39 is 0 Å². The molecule has 0 atom stereocenters. The van der Waals surface area contributed by atoms with Crippen LogP contribution in [-0.4, -0.2) is 46.7 Å². The Hall–Kier alpha value is -1.53. The molecule has 0 spiro atoms. The Balaban J connectivity index is 1.75. The van der Waals surface area contributed by atoms with Gasteiger partial charge in [0, 0.05) is 24.6 Å². The standard InChI is InChI=1S/C14H17N3O2S/c1-18-12-5-3-2-4-11(12)14-15-13(19-16-14)10-17-6-8-20-9-7-17/h2-5H,6-10H2,1H3. The second-order valence-electron chi connectivity index (χ2n) is 4.60. The molecule has 1 fully saturated rings. The molecular weight excluding hydrogens is 274 g/mol. The first kappa shape index (κ1) is 13.5. The highest BCUT2D eigenvalue weighted by Crippen LogP contribution is 2.27. The molecule has 3 rings (SSSR count). The summed E-state index contributed by atoms with van der Waals surface area (Å²) in [7, 11) is 1.64. The summed E-state index contributed by atoms with van der Waals surface area (Å²) in [6, 6.07) is 7.70. The summed E-state index contributed by atoms with van der Waals surface area (Å²) < 4.78 is 10.7. The largest absolute Gasteiger partial charge is 0.496 e. The van der Waals surface area contributed by atoms with Crippen LogP contribution in [0.4, 0.5) is 0 Å². The number of para-hydroxylation sites is 1. The first-order valence-corrected chi connectivity index (χ1v) is 7.78. The van der Waals surface area contributed by atoms with E-state index in [2.05, 4.69) is 15.0 Å². The number of hydrogen-bond acceptors (Lipinski definition) is 6. The first-order chi connectivity index (χ1) is 9.86. The summed E-state index contributed by atoms with van der Waals surface area (Å²) in [6.45, 7) is 2.89. The van der Waals surface area contributed by atoms with Gasteiger partial charge in [0.1, 0.15) is 5.75 Å². The van der Waals surface area contributed by atoms with Crippen LogP contribution in [0.1, 0.15) is 5.89 Å². The molecule has 1 aliphatic heterocycles. The third kappa shape index (κ3) is 2.96. The average molecular weight is 291 g/mol. The summed E-state index contributed by atoms with van der Waals surface area (Å²) in [6.07, 6.45) is 0. The monoisotopic (exact) mass is 291 g/mol. The van der Waals surface area contributed by atoms with E-state index in [1.165, 1.54) is 11.5 Å². The molecule has 1 aliphatic rings. The van der Waals surface area contributed by atoms with Crippen LogP contribution < -0.4 is 4.74 Å². The number of thioether (sulfide) groups is 1. The van der Waals surface area contributed by atoms with Gasteiger partial charge in [0.05, 0.1) is 19.2 Å². The van der Waals surface area contributed by atoms with Crippen molar-refractivity contribution < 1.29 is 9.26 Å². The second kappa shape index (κ2) is 6.28. The van der Waals surface area contributed by atoms with Crippen molar-refractivity contribution >= 4 is 11.8 Å². The van der Waals surface area contributed by atoms with Gasteiger partial charge in [-0.05, 0) is 12.1 Å². The quantitative estimate of drug-likeness (QED) is 0.861. The van der Waals surface area contributed by atoms with Crippen molar-refractivity contribution in [2.45, 2.75) is 6.54 Å². The van der Waals surface area contributed by atoms with Gasteiger partial charge < -0.3 is 9.26 Å². The van der Waals surface area contributed by atoms with E-state index in [0.29, 0.717) is 11.7 Å². The van der Waals surface area contributed by atoms with Crippen LogP contribution in [0, 0.1) is 0 Å². The second-order valence-corrected chi connectivity index (χ2v) is 5.83. The molecule has 6 heteroatoms. The minimum atomic E-state index is 0.587. The van der Waals surface area contributed by atoms with E-state index in [0.717, 1.165) is 30.9 Å². The smallest absolute Gasteiger partial charge is 0.241 e. The molecule has 1 aromatic heterocycles. The molecule has 0 N–H and O–H groups in total. The molecule has 106 valence electrons.